The van der Waals surface area contributed by atoms with Crippen LogP contribution in [-0.2, 0) is 15.1 Å². The molecule has 7 heteroatoms. The Morgan fingerprint density at radius 3 is 2.50 bits per heavy atom. The van der Waals surface area contributed by atoms with E-state index in [4.69, 9.17) is 9.49 Å². The molecule has 1 aliphatic carbocycles. The van der Waals surface area contributed by atoms with Crippen molar-refractivity contribution in [2.75, 3.05) is 12.3 Å². The minimum absolute atomic E-state index is 0.0644. The van der Waals surface area contributed by atoms with Crippen molar-refractivity contribution in [1.82, 2.24) is 11.0 Å². The number of hydrogen-bond acceptors (Lipinski definition) is 5. The maximum Gasteiger partial charge on any atom is 0.266 e. The minimum Gasteiger partial charge on any atom is -0.286 e. The molecule has 0 aromatic rings. The normalized spacial score (nSPS) is 26.9. The summed E-state index contributed by atoms with van der Waals surface area (Å²) in [5, 5.41) is 0. The first kappa shape index (κ1) is 13.9. The summed E-state index contributed by atoms with van der Waals surface area (Å²) in [5.41, 5.74) is 5.29. The first-order valence-electron chi connectivity index (χ1n) is 5.57. The van der Waals surface area contributed by atoms with Crippen molar-refractivity contribution in [1.29, 1.82) is 0 Å². The molecule has 0 heterocycles. The van der Waals surface area contributed by atoms with Crippen LogP contribution in [0.5, 0.6) is 0 Å². The van der Waals surface area contributed by atoms with E-state index < -0.39 is 10.1 Å². The largest absolute Gasteiger partial charge is 0.286 e. The van der Waals surface area contributed by atoms with Crippen LogP contribution in [0.1, 0.15) is 32.6 Å². The van der Waals surface area contributed by atoms with Crippen LogP contribution in [0.25, 0.3) is 0 Å². The summed E-state index contributed by atoms with van der Waals surface area (Å²) in [5.74, 6) is 0.432. The van der Waals surface area contributed by atoms with E-state index in [-0.39, 0.29) is 12.3 Å². The molecule has 3 N–H and O–H groups in total. The highest BCUT2D eigenvalue weighted by molar-refractivity contribution is 7.85. The molecule has 1 fully saturated rings. The smallest absolute Gasteiger partial charge is 0.266 e. The number of hydroxylamine groups is 2. The van der Waals surface area contributed by atoms with Crippen LogP contribution >= 0.6 is 0 Å². The van der Waals surface area contributed by atoms with E-state index in [0.717, 1.165) is 18.8 Å². The van der Waals surface area contributed by atoms with Gasteiger partial charge in [0.25, 0.3) is 10.1 Å². The summed E-state index contributed by atoms with van der Waals surface area (Å²) in [7, 11) is -3.91. The summed E-state index contributed by atoms with van der Waals surface area (Å²) in [6.07, 6.45) is 4.51. The van der Waals surface area contributed by atoms with Gasteiger partial charge in [0.05, 0.1) is 5.75 Å². The van der Waals surface area contributed by atoms with Crippen molar-refractivity contribution in [3.05, 3.63) is 0 Å². The van der Waals surface area contributed by atoms with Crippen molar-refractivity contribution in [3.8, 4) is 0 Å². The minimum atomic E-state index is -3.91. The lowest BCUT2D eigenvalue weighted by molar-refractivity contribution is -0.0616. The molecule has 0 spiro atoms. The molecule has 0 unspecified atom stereocenters. The highest BCUT2D eigenvalue weighted by Gasteiger charge is 2.17. The molecule has 0 amide bonds. The Balaban J connectivity index is 1.99. The Kier molecular flexibility index (Phi) is 5.63. The summed E-state index contributed by atoms with van der Waals surface area (Å²) < 4.78 is 29.2. The van der Waals surface area contributed by atoms with Gasteiger partial charge in [0, 0.05) is 12.6 Å². The van der Waals surface area contributed by atoms with Crippen LogP contribution in [-0.4, -0.2) is 31.3 Å². The third-order valence-corrected chi connectivity index (χ3v) is 3.50. The fourth-order valence-corrected chi connectivity index (χ4v) is 2.07. The van der Waals surface area contributed by atoms with E-state index in [2.05, 4.69) is 17.9 Å². The lowest BCUT2D eigenvalue weighted by atomic mass is 9.88. The van der Waals surface area contributed by atoms with Crippen LogP contribution < -0.4 is 11.0 Å². The number of hydrogen-bond donors (Lipinski definition) is 3. The molecule has 0 aromatic heterocycles. The maximum atomic E-state index is 10.4. The molecule has 0 aliphatic heterocycles. The quantitative estimate of drug-likeness (QED) is 0.362. The summed E-state index contributed by atoms with van der Waals surface area (Å²) in [4.78, 5) is 4.93. The second-order valence-corrected chi connectivity index (χ2v) is 5.93. The number of rotatable bonds is 6. The average Bonchev–Trinajstić information content (AvgIpc) is 2.19. The summed E-state index contributed by atoms with van der Waals surface area (Å²) >= 11 is 0. The van der Waals surface area contributed by atoms with Crippen molar-refractivity contribution in [2.45, 2.75) is 38.6 Å². The Labute approximate surface area is 96.4 Å². The van der Waals surface area contributed by atoms with Gasteiger partial charge < -0.3 is 0 Å². The summed E-state index contributed by atoms with van der Waals surface area (Å²) in [6, 6.07) is 0.328. The predicted molar refractivity (Wildman–Crippen MR) is 60.1 cm³/mol. The Morgan fingerprint density at radius 2 is 1.94 bits per heavy atom. The van der Waals surface area contributed by atoms with Crippen molar-refractivity contribution in [3.63, 3.8) is 0 Å². The Bertz CT molecular complexity index is 286. The molecule has 0 bridgehead atoms. The SMILES string of the molecule is CC1CCC(NONCCS(=O)(=O)O)CC1. The van der Waals surface area contributed by atoms with Gasteiger partial charge in [-0.15, -0.1) is 0 Å². The lowest BCUT2D eigenvalue weighted by Gasteiger charge is -2.26. The molecular formula is C9H20N2O4S. The molecule has 0 aromatic carbocycles. The third-order valence-electron chi connectivity index (χ3n) is 2.78. The van der Waals surface area contributed by atoms with Crippen LogP contribution in [0, 0.1) is 5.92 Å². The average molecular weight is 252 g/mol. The molecule has 6 nitrogen and oxygen atoms in total. The molecule has 0 atom stereocenters. The maximum absolute atomic E-state index is 10.4. The standard InChI is InChI=1S/C9H20N2O4S/c1-8-2-4-9(5-3-8)11-15-10-6-7-16(12,13)14/h8-11H,2-7H2,1H3,(H,12,13,14). The molecule has 16 heavy (non-hydrogen) atoms. The van der Waals surface area contributed by atoms with Gasteiger partial charge in [0.1, 0.15) is 0 Å². The highest BCUT2D eigenvalue weighted by Crippen LogP contribution is 2.23. The second kappa shape index (κ2) is 6.51. The predicted octanol–water partition coefficient (Wildman–Crippen LogP) is 0.479. The molecule has 1 rings (SSSR count). The van der Waals surface area contributed by atoms with Crippen LogP contribution in [0.2, 0.25) is 0 Å². The van der Waals surface area contributed by atoms with E-state index in [9.17, 15) is 8.42 Å². The molecule has 0 radical (unpaired) electrons. The van der Waals surface area contributed by atoms with Crippen molar-refractivity contribution < 1.29 is 17.9 Å². The first-order chi connectivity index (χ1) is 7.47. The van der Waals surface area contributed by atoms with E-state index in [1.54, 1.807) is 0 Å². The second-order valence-electron chi connectivity index (χ2n) is 4.36. The van der Waals surface area contributed by atoms with Gasteiger partial charge in [0.2, 0.25) is 0 Å². The molecule has 96 valence electrons. The van der Waals surface area contributed by atoms with Crippen molar-refractivity contribution in [2.24, 2.45) is 5.92 Å². The van der Waals surface area contributed by atoms with Crippen LogP contribution in [0.4, 0.5) is 0 Å². The van der Waals surface area contributed by atoms with Gasteiger partial charge >= 0.3 is 0 Å². The zero-order valence-corrected chi connectivity index (χ0v) is 10.3. The molecule has 0 saturated heterocycles. The van der Waals surface area contributed by atoms with Gasteiger partial charge in [-0.25, -0.2) is 4.94 Å². The van der Waals surface area contributed by atoms with Gasteiger partial charge in [-0.05, 0) is 31.6 Å². The first-order valence-corrected chi connectivity index (χ1v) is 7.17. The fraction of sp³-hybridized carbons (Fsp3) is 1.00. The van der Waals surface area contributed by atoms with Gasteiger partial charge in [-0.1, -0.05) is 6.92 Å². The topological polar surface area (TPSA) is 87.7 Å². The van der Waals surface area contributed by atoms with Gasteiger partial charge in [-0.3, -0.25) is 4.55 Å². The van der Waals surface area contributed by atoms with E-state index in [1.807, 2.05) is 0 Å². The summed E-state index contributed by atoms with van der Waals surface area (Å²) in [6.45, 7) is 2.30. The zero-order valence-electron chi connectivity index (χ0n) is 9.48. The molecule has 1 aliphatic rings. The van der Waals surface area contributed by atoms with Gasteiger partial charge in [0.15, 0.2) is 0 Å². The molecule has 1 saturated carbocycles. The van der Waals surface area contributed by atoms with Crippen molar-refractivity contribution >= 4 is 10.1 Å². The van der Waals surface area contributed by atoms with Crippen LogP contribution in [0.3, 0.4) is 0 Å². The van der Waals surface area contributed by atoms with E-state index in [1.165, 1.54) is 12.8 Å². The Hall–Kier alpha value is -0.210. The van der Waals surface area contributed by atoms with Gasteiger partial charge in [-0.2, -0.15) is 19.4 Å². The van der Waals surface area contributed by atoms with E-state index >= 15 is 0 Å². The third kappa shape index (κ3) is 6.39. The Morgan fingerprint density at radius 1 is 1.31 bits per heavy atom. The molecular weight excluding hydrogens is 232 g/mol. The number of nitrogens with one attached hydrogen (secondary N) is 2. The van der Waals surface area contributed by atoms with E-state index in [0.29, 0.717) is 6.04 Å². The zero-order chi connectivity index (χ0) is 12.0. The monoisotopic (exact) mass is 252 g/mol. The fourth-order valence-electron chi connectivity index (χ4n) is 1.72. The lowest BCUT2D eigenvalue weighted by Crippen LogP contribution is -2.38. The van der Waals surface area contributed by atoms with Crippen LogP contribution in [0.15, 0.2) is 0 Å². The highest BCUT2D eigenvalue weighted by atomic mass is 32.2.